The Morgan fingerprint density at radius 2 is 1.23 bits per heavy atom. The second-order valence-corrected chi connectivity index (χ2v) is 7.76. The van der Waals surface area contributed by atoms with Crippen molar-refractivity contribution in [1.29, 1.82) is 0 Å². The molecule has 0 spiro atoms. The van der Waals surface area contributed by atoms with Crippen molar-refractivity contribution in [2.45, 2.75) is 0 Å². The Balaban J connectivity index is 5.05. The number of phosphoric acid groups is 2. The normalized spacial score (nSPS) is 14.0. The minimum Gasteiger partial charge on any atom is -0.282 e. The topological polar surface area (TPSA) is 80.3 Å². The minimum atomic E-state index is -4.21. The molecule has 0 saturated heterocycles. The first-order valence-electron chi connectivity index (χ1n) is 6.05. The van der Waals surface area contributed by atoms with Gasteiger partial charge in [0.1, 0.15) is 0 Å². The van der Waals surface area contributed by atoms with E-state index in [4.69, 9.17) is 21.9 Å². The second-order valence-electron chi connectivity index (χ2n) is 3.38. The first kappa shape index (κ1) is 21.6. The molecule has 7 nitrogen and oxygen atoms in total. The Kier molecular flexibility index (Phi) is 11.8. The summed E-state index contributed by atoms with van der Waals surface area (Å²) >= 11 is 0.761. The highest BCUT2D eigenvalue weighted by atomic mass is 32.2. The molecule has 0 saturated carbocycles. The molecule has 0 bridgehead atoms. The van der Waals surface area contributed by atoms with Crippen molar-refractivity contribution >= 4 is 27.7 Å². The largest absolute Gasteiger partial charge is 0.495 e. The van der Waals surface area contributed by atoms with Crippen molar-refractivity contribution in [3.05, 3.63) is 50.6 Å². The van der Waals surface area contributed by atoms with Crippen molar-refractivity contribution in [2.24, 2.45) is 0 Å². The average molecular weight is 370 g/mol. The molecule has 0 amide bonds. The quantitative estimate of drug-likeness (QED) is 0.178. The van der Waals surface area contributed by atoms with Crippen LogP contribution >= 0.6 is 27.7 Å². The fourth-order valence-electron chi connectivity index (χ4n) is 0.841. The van der Waals surface area contributed by atoms with E-state index in [-0.39, 0.29) is 19.8 Å². The molecule has 0 aromatic heterocycles. The van der Waals surface area contributed by atoms with Crippen molar-refractivity contribution in [2.75, 3.05) is 25.6 Å². The van der Waals surface area contributed by atoms with Crippen LogP contribution < -0.4 is 0 Å². The van der Waals surface area contributed by atoms with Crippen LogP contribution in [0.25, 0.3) is 0 Å². The smallest absolute Gasteiger partial charge is 0.282 e. The molecular formula is C12H20O7P2S. The molecule has 0 aliphatic heterocycles. The van der Waals surface area contributed by atoms with E-state index < -0.39 is 15.6 Å². The van der Waals surface area contributed by atoms with Crippen LogP contribution in [0.2, 0.25) is 0 Å². The highest BCUT2D eigenvalue weighted by Crippen LogP contribution is 2.67. The van der Waals surface area contributed by atoms with Gasteiger partial charge < -0.3 is 0 Å². The zero-order valence-electron chi connectivity index (χ0n) is 12.1. The lowest BCUT2D eigenvalue weighted by Crippen LogP contribution is -2.03. The third-order valence-corrected chi connectivity index (χ3v) is 6.10. The van der Waals surface area contributed by atoms with Crippen LogP contribution in [0.4, 0.5) is 0 Å². The molecular weight excluding hydrogens is 350 g/mol. The Bertz CT molecular complexity index is 450. The Morgan fingerprint density at radius 1 is 0.773 bits per heavy atom. The van der Waals surface area contributed by atoms with Crippen molar-refractivity contribution < 1.29 is 31.0 Å². The third kappa shape index (κ3) is 9.56. The average Bonchev–Trinajstić information content (AvgIpc) is 2.49. The van der Waals surface area contributed by atoms with Gasteiger partial charge in [-0.2, -0.15) is 4.31 Å². The molecule has 0 aromatic carbocycles. The van der Waals surface area contributed by atoms with Crippen molar-refractivity contribution in [1.82, 2.24) is 0 Å². The molecule has 126 valence electrons. The molecule has 0 aromatic rings. The summed E-state index contributed by atoms with van der Waals surface area (Å²) < 4.78 is 49.5. The van der Waals surface area contributed by atoms with Crippen LogP contribution in [0.15, 0.2) is 50.6 Å². The summed E-state index contributed by atoms with van der Waals surface area (Å²) in [5, 5.41) is 0. The van der Waals surface area contributed by atoms with Gasteiger partial charge >= 0.3 is 15.6 Å². The zero-order chi connectivity index (χ0) is 16.9. The molecule has 0 aliphatic carbocycles. The first-order valence-corrected chi connectivity index (χ1v) is 9.88. The van der Waals surface area contributed by atoms with Gasteiger partial charge in [0.05, 0.1) is 19.8 Å². The lowest BCUT2D eigenvalue weighted by Gasteiger charge is -2.21. The van der Waals surface area contributed by atoms with Gasteiger partial charge in [-0.15, -0.1) is 26.3 Å². The molecule has 22 heavy (non-hydrogen) atoms. The highest BCUT2D eigenvalue weighted by molar-refractivity contribution is 7.98. The number of hydrogen-bond acceptors (Lipinski definition) is 8. The van der Waals surface area contributed by atoms with Gasteiger partial charge in [0.25, 0.3) is 0 Å². The Hall–Kier alpha value is -0.430. The van der Waals surface area contributed by atoms with Gasteiger partial charge in [-0.05, 0) is 0 Å². The summed E-state index contributed by atoms with van der Waals surface area (Å²) in [6.45, 7) is 13.3. The maximum atomic E-state index is 12.4. The molecule has 10 heteroatoms. The minimum absolute atomic E-state index is 0.143. The summed E-state index contributed by atoms with van der Waals surface area (Å²) in [7, 11) is -8.40. The molecule has 1 unspecified atom stereocenters. The van der Waals surface area contributed by atoms with E-state index in [1.54, 1.807) is 0 Å². The SMILES string of the molecule is C=CCOP(=O)(OCC=C)OP(=O)(OCC=C)OSCC=C. The zero-order valence-corrected chi connectivity index (χ0v) is 14.7. The lowest BCUT2D eigenvalue weighted by atomic mass is 10.7. The van der Waals surface area contributed by atoms with Crippen molar-refractivity contribution in [3.8, 4) is 0 Å². The van der Waals surface area contributed by atoms with E-state index in [1.165, 1.54) is 24.3 Å². The Morgan fingerprint density at radius 3 is 1.64 bits per heavy atom. The highest BCUT2D eigenvalue weighted by Gasteiger charge is 2.40. The van der Waals surface area contributed by atoms with Crippen LogP contribution in [-0.2, 0) is 31.0 Å². The van der Waals surface area contributed by atoms with E-state index in [2.05, 4.69) is 26.3 Å². The van der Waals surface area contributed by atoms with E-state index in [1.807, 2.05) is 0 Å². The second kappa shape index (κ2) is 12.0. The van der Waals surface area contributed by atoms with Gasteiger partial charge in [0.15, 0.2) is 0 Å². The van der Waals surface area contributed by atoms with E-state index >= 15 is 0 Å². The van der Waals surface area contributed by atoms with Crippen LogP contribution in [0, 0.1) is 0 Å². The lowest BCUT2D eigenvalue weighted by molar-refractivity contribution is 0.153. The van der Waals surface area contributed by atoms with E-state index in [0.29, 0.717) is 5.75 Å². The third-order valence-electron chi connectivity index (χ3n) is 1.58. The van der Waals surface area contributed by atoms with Crippen LogP contribution in [0.5, 0.6) is 0 Å². The fourth-order valence-corrected chi connectivity index (χ4v) is 4.71. The summed E-state index contributed by atoms with van der Waals surface area (Å²) in [4.78, 5) is 0. The number of rotatable bonds is 15. The molecule has 0 rings (SSSR count). The summed E-state index contributed by atoms with van der Waals surface area (Å²) in [5.41, 5.74) is 0. The molecule has 0 aliphatic rings. The van der Waals surface area contributed by atoms with Crippen LogP contribution in [-0.4, -0.2) is 25.6 Å². The maximum absolute atomic E-state index is 12.4. The Labute approximate surface area is 135 Å². The summed E-state index contributed by atoms with van der Waals surface area (Å²) in [6.07, 6.45) is 5.51. The molecule has 0 N–H and O–H groups in total. The molecule has 1 atom stereocenters. The molecule has 0 fully saturated rings. The van der Waals surface area contributed by atoms with Crippen LogP contribution in [0.3, 0.4) is 0 Å². The summed E-state index contributed by atoms with van der Waals surface area (Å²) in [5.74, 6) is 0.316. The number of hydrogen-bond donors (Lipinski definition) is 0. The predicted molar refractivity (Wildman–Crippen MR) is 88.5 cm³/mol. The van der Waals surface area contributed by atoms with Gasteiger partial charge in [0, 0.05) is 17.8 Å². The standard InChI is InChI=1S/C12H20O7P2S/c1-5-9-15-20(13,16-10-6-2)18-21(14,17-11-7-3)19-22-12-8-4/h5-8H,1-4,9-12H2. The monoisotopic (exact) mass is 370 g/mol. The van der Waals surface area contributed by atoms with Crippen molar-refractivity contribution in [3.63, 3.8) is 0 Å². The van der Waals surface area contributed by atoms with Gasteiger partial charge in [-0.25, -0.2) is 13.1 Å². The van der Waals surface area contributed by atoms with Gasteiger partial charge in [-0.1, -0.05) is 24.3 Å². The van der Waals surface area contributed by atoms with E-state index in [9.17, 15) is 9.13 Å². The number of phosphoric ester groups is 1. The first-order chi connectivity index (χ1) is 10.4. The fraction of sp³-hybridized carbons (Fsp3) is 0.333. The van der Waals surface area contributed by atoms with Gasteiger partial charge in [-0.3, -0.25) is 13.6 Å². The van der Waals surface area contributed by atoms with E-state index in [0.717, 1.165) is 12.0 Å². The summed E-state index contributed by atoms with van der Waals surface area (Å²) in [6, 6.07) is 0. The predicted octanol–water partition coefficient (Wildman–Crippen LogP) is 4.68. The molecule has 0 radical (unpaired) electrons. The van der Waals surface area contributed by atoms with Crippen LogP contribution in [0.1, 0.15) is 0 Å². The maximum Gasteiger partial charge on any atom is 0.495 e. The molecule has 0 heterocycles. The van der Waals surface area contributed by atoms with Gasteiger partial charge in [0.2, 0.25) is 0 Å².